The van der Waals surface area contributed by atoms with E-state index < -0.39 is 34.4 Å². The molecule has 0 unspecified atom stereocenters. The molecule has 0 saturated carbocycles. The molecule has 0 spiro atoms. The number of anilines is 1. The molecule has 39 heavy (non-hydrogen) atoms. The Labute approximate surface area is 244 Å². The van der Waals surface area contributed by atoms with Crippen molar-refractivity contribution < 1.29 is 18.0 Å². The third-order valence-corrected chi connectivity index (χ3v) is 9.26. The van der Waals surface area contributed by atoms with E-state index in [1.54, 1.807) is 56.3 Å². The molecule has 0 heterocycles. The van der Waals surface area contributed by atoms with E-state index in [0.29, 0.717) is 20.6 Å². The fraction of sp³-hybridized carbons (Fsp3) is 0.286. The van der Waals surface area contributed by atoms with E-state index >= 15 is 0 Å². The Kier molecular flexibility index (Phi) is 10.3. The summed E-state index contributed by atoms with van der Waals surface area (Å²) >= 11 is 19.1. The highest BCUT2D eigenvalue weighted by atomic mass is 35.5. The number of rotatable bonds is 10. The van der Waals surface area contributed by atoms with Crippen LogP contribution in [0.5, 0.6) is 0 Å². The fourth-order valence-corrected chi connectivity index (χ4v) is 6.14. The van der Waals surface area contributed by atoms with Gasteiger partial charge in [0, 0.05) is 34.2 Å². The molecule has 0 aromatic heterocycles. The normalized spacial score (nSPS) is 12.1. The number of aryl methyl sites for hydroxylation is 2. The monoisotopic (exact) mass is 609 g/mol. The lowest BCUT2D eigenvalue weighted by atomic mass is 10.1. The van der Waals surface area contributed by atoms with Crippen molar-refractivity contribution in [2.24, 2.45) is 0 Å². The Morgan fingerprint density at radius 2 is 1.54 bits per heavy atom. The number of nitrogens with one attached hydrogen (secondary N) is 1. The lowest BCUT2D eigenvalue weighted by Gasteiger charge is -2.33. The Balaban J connectivity index is 2.12. The summed E-state index contributed by atoms with van der Waals surface area (Å²) in [7, 11) is -2.73. The van der Waals surface area contributed by atoms with Gasteiger partial charge in [0.15, 0.2) is 0 Å². The van der Waals surface area contributed by atoms with E-state index in [4.69, 9.17) is 34.8 Å². The third-order valence-electron chi connectivity index (χ3n) is 6.35. The fourth-order valence-electron chi connectivity index (χ4n) is 4.04. The number of benzene rings is 3. The summed E-state index contributed by atoms with van der Waals surface area (Å²) in [6.45, 7) is 4.70. The van der Waals surface area contributed by atoms with Gasteiger partial charge in [-0.1, -0.05) is 71.6 Å². The molecule has 0 bridgehead atoms. The van der Waals surface area contributed by atoms with Crippen molar-refractivity contribution in [2.75, 3.05) is 17.9 Å². The average molecular weight is 611 g/mol. The molecule has 0 fully saturated rings. The minimum Gasteiger partial charge on any atom is -0.357 e. The minimum atomic E-state index is -4.20. The Morgan fingerprint density at radius 1 is 0.923 bits per heavy atom. The summed E-state index contributed by atoms with van der Waals surface area (Å²) in [6.07, 6.45) is 0.272. The quantitative estimate of drug-likeness (QED) is 0.305. The summed E-state index contributed by atoms with van der Waals surface area (Å²) in [6, 6.07) is 15.1. The molecule has 0 aliphatic heterocycles. The van der Waals surface area contributed by atoms with Crippen molar-refractivity contribution in [2.45, 2.75) is 44.7 Å². The van der Waals surface area contributed by atoms with Gasteiger partial charge in [0.2, 0.25) is 11.8 Å². The second kappa shape index (κ2) is 13.0. The maximum absolute atomic E-state index is 14.0. The predicted molar refractivity (Wildman–Crippen MR) is 157 cm³/mol. The molecule has 0 aliphatic carbocycles. The summed E-state index contributed by atoms with van der Waals surface area (Å²) in [5, 5.41) is 3.57. The number of carbonyl (C=O) groups excluding carboxylic acids is 2. The molecule has 3 aromatic rings. The maximum Gasteiger partial charge on any atom is 0.264 e. The molecular formula is C28H30Cl3N3O4S. The van der Waals surface area contributed by atoms with Crippen molar-refractivity contribution in [3.05, 3.63) is 92.4 Å². The lowest BCUT2D eigenvalue weighted by molar-refractivity contribution is -0.140. The minimum absolute atomic E-state index is 0.0108. The zero-order valence-corrected chi connectivity index (χ0v) is 25.1. The first kappa shape index (κ1) is 30.8. The van der Waals surface area contributed by atoms with Gasteiger partial charge in [0.1, 0.15) is 12.6 Å². The van der Waals surface area contributed by atoms with Crippen molar-refractivity contribution in [1.29, 1.82) is 0 Å². The van der Waals surface area contributed by atoms with E-state index in [2.05, 4.69) is 5.32 Å². The van der Waals surface area contributed by atoms with Gasteiger partial charge in [0.05, 0.1) is 10.6 Å². The van der Waals surface area contributed by atoms with Gasteiger partial charge in [-0.15, -0.1) is 0 Å². The molecule has 208 valence electrons. The number of hydrogen-bond donors (Lipinski definition) is 1. The van der Waals surface area contributed by atoms with Crippen molar-refractivity contribution in [1.82, 2.24) is 10.2 Å². The molecule has 7 nitrogen and oxygen atoms in total. The standard InChI is InChI=1S/C28H30Cl3N3O4S/c1-5-26(28(36)32-4)33(16-22-23(29)7-6-8-24(22)30)27(35)17-34(20-12-11-19(3)25(31)15-20)39(37,38)21-13-9-18(2)10-14-21/h6-15,26H,5,16-17H2,1-4H3,(H,32,36)/t26-/m0/s1. The zero-order chi connectivity index (χ0) is 28.9. The SMILES string of the molecule is CC[C@@H](C(=O)NC)N(Cc1c(Cl)cccc1Cl)C(=O)CN(c1ccc(C)c(Cl)c1)S(=O)(=O)c1ccc(C)cc1. The molecular weight excluding hydrogens is 581 g/mol. The number of carbonyl (C=O) groups is 2. The first-order valence-electron chi connectivity index (χ1n) is 12.2. The van der Waals surface area contributed by atoms with Crippen LogP contribution >= 0.6 is 34.8 Å². The number of nitrogens with zero attached hydrogens (tertiary/aromatic N) is 2. The summed E-state index contributed by atoms with van der Waals surface area (Å²) < 4.78 is 28.8. The van der Waals surface area contributed by atoms with Gasteiger partial charge in [0.25, 0.3) is 10.0 Å². The molecule has 3 rings (SSSR count). The van der Waals surface area contributed by atoms with Crippen LogP contribution in [0.4, 0.5) is 5.69 Å². The van der Waals surface area contributed by atoms with Crippen LogP contribution < -0.4 is 9.62 Å². The van der Waals surface area contributed by atoms with Crippen LogP contribution in [-0.4, -0.2) is 44.8 Å². The van der Waals surface area contributed by atoms with Crippen LogP contribution in [0, 0.1) is 13.8 Å². The third kappa shape index (κ3) is 7.06. The highest BCUT2D eigenvalue weighted by Crippen LogP contribution is 2.30. The average Bonchev–Trinajstić information content (AvgIpc) is 2.90. The number of hydrogen-bond acceptors (Lipinski definition) is 4. The van der Waals surface area contributed by atoms with Gasteiger partial charge in [-0.25, -0.2) is 8.42 Å². The van der Waals surface area contributed by atoms with Gasteiger partial charge < -0.3 is 10.2 Å². The van der Waals surface area contributed by atoms with Crippen molar-refractivity contribution in [3.8, 4) is 0 Å². The molecule has 1 N–H and O–H groups in total. The van der Waals surface area contributed by atoms with Gasteiger partial charge in [-0.2, -0.15) is 0 Å². The molecule has 0 saturated heterocycles. The molecule has 11 heteroatoms. The summed E-state index contributed by atoms with van der Waals surface area (Å²) in [5.41, 5.74) is 2.29. The number of amides is 2. The molecule has 0 radical (unpaired) electrons. The highest BCUT2D eigenvalue weighted by Gasteiger charge is 2.34. The summed E-state index contributed by atoms with van der Waals surface area (Å²) in [4.78, 5) is 28.1. The second-order valence-electron chi connectivity index (χ2n) is 9.02. The van der Waals surface area contributed by atoms with E-state index in [-0.39, 0.29) is 23.5 Å². The first-order chi connectivity index (χ1) is 18.4. The van der Waals surface area contributed by atoms with Gasteiger partial charge in [-0.05, 0) is 62.2 Å². The van der Waals surface area contributed by atoms with Crippen LogP contribution in [0.15, 0.2) is 65.6 Å². The number of halogens is 3. The Bertz CT molecular complexity index is 1440. The predicted octanol–water partition coefficient (Wildman–Crippen LogP) is 6.01. The van der Waals surface area contributed by atoms with E-state index in [9.17, 15) is 18.0 Å². The van der Waals surface area contributed by atoms with E-state index in [1.807, 2.05) is 6.92 Å². The Hall–Kier alpha value is -2.78. The molecule has 0 aliphatic rings. The van der Waals surface area contributed by atoms with Crippen LogP contribution in [0.25, 0.3) is 0 Å². The van der Waals surface area contributed by atoms with Crippen molar-refractivity contribution >= 4 is 62.3 Å². The van der Waals surface area contributed by atoms with Crippen LogP contribution in [0.3, 0.4) is 0 Å². The molecule has 2 amide bonds. The maximum atomic E-state index is 14.0. The van der Waals surface area contributed by atoms with Crippen LogP contribution in [-0.2, 0) is 26.2 Å². The topological polar surface area (TPSA) is 86.8 Å². The number of likely N-dealkylation sites (N-methyl/N-ethyl adjacent to an activating group) is 1. The Morgan fingerprint density at radius 3 is 2.08 bits per heavy atom. The van der Waals surface area contributed by atoms with Crippen molar-refractivity contribution in [3.63, 3.8) is 0 Å². The zero-order valence-electron chi connectivity index (χ0n) is 22.0. The van der Waals surface area contributed by atoms with Crippen LogP contribution in [0.2, 0.25) is 15.1 Å². The smallest absolute Gasteiger partial charge is 0.264 e. The van der Waals surface area contributed by atoms with Gasteiger partial charge in [-0.3, -0.25) is 13.9 Å². The summed E-state index contributed by atoms with van der Waals surface area (Å²) in [5.74, 6) is -1.02. The molecule has 1 atom stereocenters. The second-order valence-corrected chi connectivity index (χ2v) is 12.1. The highest BCUT2D eigenvalue weighted by molar-refractivity contribution is 7.92. The first-order valence-corrected chi connectivity index (χ1v) is 14.8. The number of sulfonamides is 1. The van der Waals surface area contributed by atoms with E-state index in [1.165, 1.54) is 30.1 Å². The van der Waals surface area contributed by atoms with Crippen LogP contribution in [0.1, 0.15) is 30.0 Å². The largest absolute Gasteiger partial charge is 0.357 e. The van der Waals surface area contributed by atoms with E-state index in [0.717, 1.165) is 15.4 Å². The van der Waals surface area contributed by atoms with Gasteiger partial charge >= 0.3 is 0 Å². The lowest BCUT2D eigenvalue weighted by Crippen LogP contribution is -2.51. The molecule has 3 aromatic carbocycles.